The summed E-state index contributed by atoms with van der Waals surface area (Å²) < 4.78 is 10.8. The fraction of sp³-hybridized carbons (Fsp3) is 0.480. The molecule has 4 rings (SSSR count). The van der Waals surface area contributed by atoms with Crippen molar-refractivity contribution < 1.29 is 9.47 Å². The summed E-state index contributed by atoms with van der Waals surface area (Å²) in [6.07, 6.45) is 2.19. The smallest absolute Gasteiger partial charge is 0.191 e. The second-order valence-corrected chi connectivity index (χ2v) is 8.44. The molecule has 1 unspecified atom stereocenters. The van der Waals surface area contributed by atoms with Crippen LogP contribution in [-0.2, 0) is 13.0 Å². The Hall–Kier alpha value is -2.20. The lowest BCUT2D eigenvalue weighted by molar-refractivity contribution is 0.258. The first kappa shape index (κ1) is 25.4. The van der Waals surface area contributed by atoms with Crippen molar-refractivity contribution >= 4 is 35.6 Å². The third kappa shape index (κ3) is 6.66. The van der Waals surface area contributed by atoms with Gasteiger partial charge in [-0.05, 0) is 24.0 Å². The number of guanidine groups is 1. The zero-order valence-corrected chi connectivity index (χ0v) is 22.2. The van der Waals surface area contributed by atoms with Gasteiger partial charge in [0.05, 0.1) is 14.2 Å². The van der Waals surface area contributed by atoms with Crippen LogP contribution < -0.4 is 25.0 Å². The highest BCUT2D eigenvalue weighted by atomic mass is 127. The Kier molecular flexibility index (Phi) is 9.49. The third-order valence-corrected chi connectivity index (χ3v) is 6.38. The van der Waals surface area contributed by atoms with Crippen LogP contribution in [0.3, 0.4) is 0 Å². The minimum Gasteiger partial charge on any atom is -0.497 e. The van der Waals surface area contributed by atoms with E-state index in [0.717, 1.165) is 75.3 Å². The number of aliphatic imine (C=N–C) groups is 1. The summed E-state index contributed by atoms with van der Waals surface area (Å²) in [5.74, 6) is 2.50. The Bertz CT molecular complexity index is 917. The van der Waals surface area contributed by atoms with Crippen LogP contribution in [0.1, 0.15) is 17.5 Å². The lowest BCUT2D eigenvalue weighted by atomic mass is 10.00. The SMILES string of the molecule is CN=C(NCCN1CCc2ccccc2C1)NC1CCN(c2cc(OC)cc(OC)c2)C1.I. The van der Waals surface area contributed by atoms with Crippen LogP contribution in [0, 0.1) is 0 Å². The van der Waals surface area contributed by atoms with Crippen molar-refractivity contribution in [2.24, 2.45) is 4.99 Å². The van der Waals surface area contributed by atoms with Crippen LogP contribution in [0.25, 0.3) is 0 Å². The maximum absolute atomic E-state index is 5.42. The summed E-state index contributed by atoms with van der Waals surface area (Å²) in [4.78, 5) is 9.31. The van der Waals surface area contributed by atoms with Gasteiger partial charge in [0.1, 0.15) is 11.5 Å². The van der Waals surface area contributed by atoms with Crippen molar-refractivity contribution in [2.75, 3.05) is 58.9 Å². The lowest BCUT2D eigenvalue weighted by Crippen LogP contribution is -2.47. The molecule has 2 aliphatic heterocycles. The van der Waals surface area contributed by atoms with Gasteiger partial charge in [0, 0.05) is 76.2 Å². The van der Waals surface area contributed by atoms with Gasteiger partial charge >= 0.3 is 0 Å². The van der Waals surface area contributed by atoms with Crippen molar-refractivity contribution in [1.82, 2.24) is 15.5 Å². The summed E-state index contributed by atoms with van der Waals surface area (Å²) in [6.45, 7) is 5.94. The van der Waals surface area contributed by atoms with E-state index in [0.29, 0.717) is 6.04 Å². The Morgan fingerprint density at radius 1 is 1.06 bits per heavy atom. The molecule has 1 fully saturated rings. The summed E-state index contributed by atoms with van der Waals surface area (Å²) in [7, 11) is 5.21. The average Bonchev–Trinajstić information content (AvgIpc) is 3.31. The predicted octanol–water partition coefficient (Wildman–Crippen LogP) is 3.12. The molecule has 2 aromatic rings. The predicted molar refractivity (Wildman–Crippen MR) is 145 cm³/mol. The number of nitrogens with zero attached hydrogens (tertiary/aromatic N) is 3. The van der Waals surface area contributed by atoms with Crippen molar-refractivity contribution in [3.05, 3.63) is 53.6 Å². The van der Waals surface area contributed by atoms with E-state index in [4.69, 9.17) is 9.47 Å². The number of benzene rings is 2. The molecule has 180 valence electrons. The number of ether oxygens (including phenoxy) is 2. The summed E-state index contributed by atoms with van der Waals surface area (Å²) >= 11 is 0. The van der Waals surface area contributed by atoms with Crippen LogP contribution in [0.2, 0.25) is 0 Å². The molecule has 0 saturated carbocycles. The molecule has 1 atom stereocenters. The number of hydrogen-bond donors (Lipinski definition) is 2. The molecular weight excluding hydrogens is 529 g/mol. The quantitative estimate of drug-likeness (QED) is 0.306. The number of methoxy groups -OCH3 is 2. The van der Waals surface area contributed by atoms with Crippen LogP contribution in [-0.4, -0.2) is 70.9 Å². The number of nitrogens with one attached hydrogen (secondary N) is 2. The summed E-state index contributed by atoms with van der Waals surface area (Å²) in [5.41, 5.74) is 4.08. The second kappa shape index (κ2) is 12.3. The fourth-order valence-electron chi connectivity index (χ4n) is 4.55. The molecule has 0 spiro atoms. The Morgan fingerprint density at radius 3 is 2.48 bits per heavy atom. The van der Waals surface area contributed by atoms with Crippen LogP contribution in [0.15, 0.2) is 47.5 Å². The molecular formula is C25H36IN5O2. The minimum atomic E-state index is 0. The van der Waals surface area contributed by atoms with Gasteiger partial charge in [-0.15, -0.1) is 24.0 Å². The first-order valence-corrected chi connectivity index (χ1v) is 11.4. The van der Waals surface area contributed by atoms with Crippen molar-refractivity contribution in [3.63, 3.8) is 0 Å². The van der Waals surface area contributed by atoms with E-state index in [9.17, 15) is 0 Å². The molecule has 2 aromatic carbocycles. The van der Waals surface area contributed by atoms with Gasteiger partial charge in [0.2, 0.25) is 0 Å². The normalized spacial score (nSPS) is 18.3. The van der Waals surface area contributed by atoms with E-state index in [1.165, 1.54) is 11.1 Å². The van der Waals surface area contributed by atoms with Crippen LogP contribution in [0.5, 0.6) is 11.5 Å². The van der Waals surface area contributed by atoms with E-state index in [1.807, 2.05) is 13.1 Å². The second-order valence-electron chi connectivity index (χ2n) is 8.44. The molecule has 2 heterocycles. The highest BCUT2D eigenvalue weighted by Crippen LogP contribution is 2.30. The van der Waals surface area contributed by atoms with Crippen molar-refractivity contribution in [1.29, 1.82) is 0 Å². The summed E-state index contributed by atoms with van der Waals surface area (Å²) in [6, 6.07) is 15.2. The molecule has 33 heavy (non-hydrogen) atoms. The Morgan fingerprint density at radius 2 is 1.79 bits per heavy atom. The number of rotatable bonds is 7. The van der Waals surface area contributed by atoms with E-state index in [-0.39, 0.29) is 24.0 Å². The molecule has 0 bridgehead atoms. The van der Waals surface area contributed by atoms with Crippen molar-refractivity contribution in [2.45, 2.75) is 25.4 Å². The van der Waals surface area contributed by atoms with Crippen LogP contribution in [0.4, 0.5) is 5.69 Å². The molecule has 0 aromatic heterocycles. The maximum atomic E-state index is 5.42. The number of hydrogen-bond acceptors (Lipinski definition) is 5. The first-order chi connectivity index (χ1) is 15.7. The lowest BCUT2D eigenvalue weighted by Gasteiger charge is -2.29. The zero-order valence-electron chi connectivity index (χ0n) is 19.8. The number of halogens is 1. The van der Waals surface area contributed by atoms with E-state index in [2.05, 4.69) is 61.8 Å². The van der Waals surface area contributed by atoms with E-state index in [1.54, 1.807) is 14.2 Å². The Labute approximate surface area is 214 Å². The molecule has 0 aliphatic carbocycles. The maximum Gasteiger partial charge on any atom is 0.191 e. The molecule has 8 heteroatoms. The number of anilines is 1. The topological polar surface area (TPSA) is 61.4 Å². The fourth-order valence-corrected chi connectivity index (χ4v) is 4.55. The van der Waals surface area contributed by atoms with Gasteiger partial charge in [-0.3, -0.25) is 9.89 Å². The third-order valence-electron chi connectivity index (χ3n) is 6.38. The molecule has 0 radical (unpaired) electrons. The highest BCUT2D eigenvalue weighted by molar-refractivity contribution is 14.0. The molecule has 2 aliphatic rings. The average molecular weight is 566 g/mol. The van der Waals surface area contributed by atoms with E-state index < -0.39 is 0 Å². The first-order valence-electron chi connectivity index (χ1n) is 11.4. The van der Waals surface area contributed by atoms with Gasteiger partial charge in [-0.25, -0.2) is 0 Å². The minimum absolute atomic E-state index is 0. The van der Waals surface area contributed by atoms with Gasteiger partial charge in [0.25, 0.3) is 0 Å². The largest absolute Gasteiger partial charge is 0.497 e. The van der Waals surface area contributed by atoms with Crippen LogP contribution >= 0.6 is 24.0 Å². The summed E-state index contributed by atoms with van der Waals surface area (Å²) in [5, 5.41) is 7.09. The van der Waals surface area contributed by atoms with Gasteiger partial charge in [0.15, 0.2) is 5.96 Å². The van der Waals surface area contributed by atoms with Gasteiger partial charge < -0.3 is 25.0 Å². The highest BCUT2D eigenvalue weighted by Gasteiger charge is 2.24. The van der Waals surface area contributed by atoms with Gasteiger partial charge in [-0.2, -0.15) is 0 Å². The standard InChI is InChI=1S/C25H35N5O2.HI/c1-26-25(27-10-13-29-11-8-19-6-4-5-7-20(19)17-29)28-21-9-12-30(18-21)22-14-23(31-2)16-24(15-22)32-3;/h4-7,14-16,21H,8-13,17-18H2,1-3H3,(H2,26,27,28);1H. The molecule has 7 nitrogen and oxygen atoms in total. The number of fused-ring (bicyclic) bond motifs is 1. The monoisotopic (exact) mass is 565 g/mol. The Balaban J connectivity index is 0.00000306. The molecule has 0 amide bonds. The molecule has 1 saturated heterocycles. The van der Waals surface area contributed by atoms with E-state index >= 15 is 0 Å². The molecule has 2 N–H and O–H groups in total. The zero-order chi connectivity index (χ0) is 22.3. The van der Waals surface area contributed by atoms with Crippen molar-refractivity contribution in [3.8, 4) is 11.5 Å². The van der Waals surface area contributed by atoms with Gasteiger partial charge in [-0.1, -0.05) is 24.3 Å².